The zero-order chi connectivity index (χ0) is 17.2. The first-order chi connectivity index (χ1) is 11.6. The molecule has 1 heterocycles. The smallest absolute Gasteiger partial charge is 0.264 e. The van der Waals surface area contributed by atoms with Gasteiger partial charge >= 0.3 is 0 Å². The number of sulfonamides is 1. The maximum atomic E-state index is 13.2. The summed E-state index contributed by atoms with van der Waals surface area (Å²) >= 11 is 0. The fourth-order valence-corrected chi connectivity index (χ4v) is 4.30. The van der Waals surface area contributed by atoms with Crippen molar-refractivity contribution in [2.24, 2.45) is 0 Å². The van der Waals surface area contributed by atoms with Gasteiger partial charge in [0.15, 0.2) is 11.5 Å². The van der Waals surface area contributed by atoms with Crippen LogP contribution in [0.2, 0.25) is 0 Å². The number of methoxy groups -OCH3 is 2. The molecule has 1 aliphatic heterocycles. The Morgan fingerprint density at radius 3 is 2.54 bits per heavy atom. The molecule has 0 aliphatic carbocycles. The molecular formula is C17H20N2O4S. The summed E-state index contributed by atoms with van der Waals surface area (Å²) in [6.45, 7) is 1.15. The van der Waals surface area contributed by atoms with Crippen LogP contribution < -0.4 is 19.1 Å². The van der Waals surface area contributed by atoms with Gasteiger partial charge in [0.2, 0.25) is 0 Å². The molecule has 1 aliphatic rings. The van der Waals surface area contributed by atoms with E-state index in [2.05, 4.69) is 5.32 Å². The van der Waals surface area contributed by atoms with Crippen LogP contribution in [0.4, 0.5) is 11.4 Å². The number of ether oxygens (including phenoxy) is 2. The van der Waals surface area contributed by atoms with Crippen LogP contribution in [-0.4, -0.2) is 35.7 Å². The van der Waals surface area contributed by atoms with Crippen LogP contribution in [0.25, 0.3) is 0 Å². The van der Waals surface area contributed by atoms with E-state index in [1.807, 2.05) is 24.3 Å². The van der Waals surface area contributed by atoms with Gasteiger partial charge in [-0.05, 0) is 30.7 Å². The van der Waals surface area contributed by atoms with E-state index in [1.54, 1.807) is 6.07 Å². The highest BCUT2D eigenvalue weighted by Crippen LogP contribution is 2.35. The van der Waals surface area contributed by atoms with Gasteiger partial charge in [-0.3, -0.25) is 4.31 Å². The van der Waals surface area contributed by atoms with Crippen molar-refractivity contribution < 1.29 is 17.9 Å². The summed E-state index contributed by atoms with van der Waals surface area (Å²) < 4.78 is 38.2. The van der Waals surface area contributed by atoms with Gasteiger partial charge < -0.3 is 14.8 Å². The van der Waals surface area contributed by atoms with Crippen molar-refractivity contribution in [1.82, 2.24) is 0 Å². The number of rotatable bonds is 4. The number of hydrogen-bond donors (Lipinski definition) is 1. The number of nitrogens with one attached hydrogen (secondary N) is 1. The number of hydrogen-bond acceptors (Lipinski definition) is 5. The number of nitrogens with zero attached hydrogens (tertiary/aromatic N) is 1. The molecule has 3 rings (SSSR count). The predicted octanol–water partition coefficient (Wildman–Crippen LogP) is 2.71. The van der Waals surface area contributed by atoms with Crippen molar-refractivity contribution in [2.45, 2.75) is 11.3 Å². The summed E-state index contributed by atoms with van der Waals surface area (Å²) in [6.07, 6.45) is 0.723. The van der Waals surface area contributed by atoms with Gasteiger partial charge in [-0.25, -0.2) is 8.42 Å². The Morgan fingerprint density at radius 2 is 1.79 bits per heavy atom. The van der Waals surface area contributed by atoms with Crippen molar-refractivity contribution in [3.05, 3.63) is 42.5 Å². The van der Waals surface area contributed by atoms with E-state index in [-0.39, 0.29) is 4.90 Å². The van der Waals surface area contributed by atoms with Gasteiger partial charge in [0.05, 0.1) is 30.5 Å². The lowest BCUT2D eigenvalue weighted by Crippen LogP contribution is -2.31. The molecule has 0 bridgehead atoms. The first-order valence-electron chi connectivity index (χ1n) is 7.65. The summed E-state index contributed by atoms with van der Waals surface area (Å²) in [7, 11) is -0.696. The first kappa shape index (κ1) is 16.4. The minimum absolute atomic E-state index is 0.178. The maximum Gasteiger partial charge on any atom is 0.264 e. The van der Waals surface area contributed by atoms with E-state index in [9.17, 15) is 8.42 Å². The molecule has 0 atom stereocenters. The molecule has 0 saturated heterocycles. The van der Waals surface area contributed by atoms with Crippen molar-refractivity contribution in [3.63, 3.8) is 0 Å². The Labute approximate surface area is 142 Å². The van der Waals surface area contributed by atoms with Crippen molar-refractivity contribution in [3.8, 4) is 11.5 Å². The summed E-state index contributed by atoms with van der Waals surface area (Å²) in [6, 6.07) is 12.1. The third kappa shape index (κ3) is 2.87. The molecule has 0 amide bonds. The summed E-state index contributed by atoms with van der Waals surface area (Å²) in [4.78, 5) is 0.178. The lowest BCUT2D eigenvalue weighted by molar-refractivity contribution is 0.354. The first-order valence-corrected chi connectivity index (χ1v) is 9.09. The van der Waals surface area contributed by atoms with Crippen molar-refractivity contribution in [2.75, 3.05) is 36.9 Å². The second-order valence-electron chi connectivity index (χ2n) is 5.39. The molecule has 0 radical (unpaired) electrons. The molecule has 0 aromatic heterocycles. The fourth-order valence-electron chi connectivity index (χ4n) is 2.76. The fraction of sp³-hybridized carbons (Fsp3) is 0.294. The van der Waals surface area contributed by atoms with E-state index in [1.165, 1.54) is 30.7 Å². The Morgan fingerprint density at radius 1 is 1.04 bits per heavy atom. The number of para-hydroxylation sites is 2. The number of fused-ring (bicyclic) bond motifs is 1. The normalized spacial score (nSPS) is 14.3. The van der Waals surface area contributed by atoms with Gasteiger partial charge in [-0.1, -0.05) is 12.1 Å². The summed E-state index contributed by atoms with van der Waals surface area (Å²) in [5.41, 5.74) is 1.48. The van der Waals surface area contributed by atoms with Crippen LogP contribution in [-0.2, 0) is 10.0 Å². The van der Waals surface area contributed by atoms with Gasteiger partial charge in [0.25, 0.3) is 10.0 Å². The quantitative estimate of drug-likeness (QED) is 0.920. The van der Waals surface area contributed by atoms with Crippen LogP contribution in [0.1, 0.15) is 6.42 Å². The molecule has 128 valence electrons. The molecule has 1 N–H and O–H groups in total. The van der Waals surface area contributed by atoms with E-state index in [4.69, 9.17) is 9.47 Å². The molecule has 2 aromatic carbocycles. The number of benzene rings is 2. The largest absolute Gasteiger partial charge is 0.493 e. The van der Waals surface area contributed by atoms with Gasteiger partial charge in [-0.2, -0.15) is 0 Å². The highest BCUT2D eigenvalue weighted by molar-refractivity contribution is 7.92. The summed E-state index contributed by atoms with van der Waals surface area (Å²) in [5.74, 6) is 0.884. The third-order valence-electron chi connectivity index (χ3n) is 3.97. The standard InChI is InChI=1S/C17H20N2O4S/c1-22-16-9-8-13(12-17(16)23-2)24(20,21)19-11-5-10-18-14-6-3-4-7-15(14)19/h3-4,6-9,12,18H,5,10-11H2,1-2H3. The highest BCUT2D eigenvalue weighted by atomic mass is 32.2. The molecule has 0 fully saturated rings. The molecule has 0 spiro atoms. The Kier molecular flexibility index (Phi) is 4.53. The lowest BCUT2D eigenvalue weighted by Gasteiger charge is -2.24. The summed E-state index contributed by atoms with van der Waals surface area (Å²) in [5, 5.41) is 3.27. The molecule has 0 saturated carbocycles. The SMILES string of the molecule is COc1ccc(S(=O)(=O)N2CCCNc3ccccc32)cc1OC. The lowest BCUT2D eigenvalue weighted by atomic mass is 10.2. The van der Waals surface area contributed by atoms with E-state index >= 15 is 0 Å². The molecule has 6 nitrogen and oxygen atoms in total. The Hall–Kier alpha value is -2.41. The van der Waals surface area contributed by atoms with Crippen LogP contribution in [0.5, 0.6) is 11.5 Å². The molecule has 7 heteroatoms. The van der Waals surface area contributed by atoms with Gasteiger partial charge in [0, 0.05) is 19.2 Å². The van der Waals surface area contributed by atoms with E-state index in [0.29, 0.717) is 23.7 Å². The van der Waals surface area contributed by atoms with E-state index < -0.39 is 10.0 Å². The zero-order valence-corrected chi connectivity index (χ0v) is 14.5. The minimum atomic E-state index is -3.70. The van der Waals surface area contributed by atoms with Crippen LogP contribution in [0, 0.1) is 0 Å². The topological polar surface area (TPSA) is 67.9 Å². The number of anilines is 2. The van der Waals surface area contributed by atoms with Crippen LogP contribution in [0.15, 0.2) is 47.4 Å². The second-order valence-corrected chi connectivity index (χ2v) is 7.25. The Balaban J connectivity index is 2.08. The van der Waals surface area contributed by atoms with Gasteiger partial charge in [0.1, 0.15) is 0 Å². The zero-order valence-electron chi connectivity index (χ0n) is 13.7. The minimum Gasteiger partial charge on any atom is -0.493 e. The van der Waals surface area contributed by atoms with E-state index in [0.717, 1.165) is 18.7 Å². The molecule has 24 heavy (non-hydrogen) atoms. The molecular weight excluding hydrogens is 328 g/mol. The molecule has 0 unspecified atom stereocenters. The highest BCUT2D eigenvalue weighted by Gasteiger charge is 2.28. The average molecular weight is 348 g/mol. The van der Waals surface area contributed by atoms with Crippen molar-refractivity contribution in [1.29, 1.82) is 0 Å². The molecule has 2 aromatic rings. The monoisotopic (exact) mass is 348 g/mol. The van der Waals surface area contributed by atoms with Crippen LogP contribution >= 0.6 is 0 Å². The third-order valence-corrected chi connectivity index (χ3v) is 5.78. The second kappa shape index (κ2) is 6.60. The predicted molar refractivity (Wildman–Crippen MR) is 93.6 cm³/mol. The van der Waals surface area contributed by atoms with Crippen LogP contribution in [0.3, 0.4) is 0 Å². The Bertz CT molecular complexity index is 836. The average Bonchev–Trinajstić information content (AvgIpc) is 2.84. The van der Waals surface area contributed by atoms with Crippen molar-refractivity contribution >= 4 is 21.4 Å². The van der Waals surface area contributed by atoms with Gasteiger partial charge in [-0.15, -0.1) is 0 Å². The maximum absolute atomic E-state index is 13.2.